The first-order valence-electron chi connectivity index (χ1n) is 5.62. The van der Waals surface area contributed by atoms with Crippen LogP contribution in [0.4, 0.5) is 0 Å². The van der Waals surface area contributed by atoms with Gasteiger partial charge in [-0.1, -0.05) is 36.4 Å². The second-order valence-corrected chi connectivity index (χ2v) is 4.57. The predicted octanol–water partition coefficient (Wildman–Crippen LogP) is 3.26. The van der Waals surface area contributed by atoms with E-state index >= 15 is 0 Å². The molecule has 1 aliphatic carbocycles. The van der Waals surface area contributed by atoms with Gasteiger partial charge in [0.2, 0.25) is 0 Å². The van der Waals surface area contributed by atoms with E-state index in [0.29, 0.717) is 5.92 Å². The molecule has 0 radical (unpaired) electrons. The predicted molar refractivity (Wildman–Crippen MR) is 62.8 cm³/mol. The third kappa shape index (κ3) is 2.29. The monoisotopic (exact) mass is 202 g/mol. The molecule has 15 heavy (non-hydrogen) atoms. The number of aliphatic hydroxyl groups is 1. The van der Waals surface area contributed by atoms with Crippen LogP contribution in [-0.2, 0) is 0 Å². The van der Waals surface area contributed by atoms with E-state index in [4.69, 9.17) is 0 Å². The summed E-state index contributed by atoms with van der Waals surface area (Å²) in [6.45, 7) is 3.71. The van der Waals surface area contributed by atoms with Gasteiger partial charge in [-0.15, -0.1) is 6.58 Å². The zero-order valence-electron chi connectivity index (χ0n) is 9.02. The maximum atomic E-state index is 10.3. The summed E-state index contributed by atoms with van der Waals surface area (Å²) < 4.78 is 0. The lowest BCUT2D eigenvalue weighted by molar-refractivity contribution is 0.0495. The molecule has 1 aromatic carbocycles. The van der Waals surface area contributed by atoms with Crippen molar-refractivity contribution in [3.8, 4) is 0 Å². The van der Waals surface area contributed by atoms with Crippen molar-refractivity contribution in [3.63, 3.8) is 0 Å². The van der Waals surface area contributed by atoms with E-state index < -0.39 is 5.60 Å². The molecule has 1 heteroatoms. The summed E-state index contributed by atoms with van der Waals surface area (Å²) >= 11 is 0. The molecule has 0 bridgehead atoms. The molecule has 0 aliphatic heterocycles. The van der Waals surface area contributed by atoms with Crippen LogP contribution in [0.3, 0.4) is 0 Å². The summed E-state index contributed by atoms with van der Waals surface area (Å²) in [7, 11) is 0. The van der Waals surface area contributed by atoms with E-state index in [2.05, 4.69) is 30.8 Å². The third-order valence-electron chi connectivity index (χ3n) is 3.38. The molecule has 0 spiro atoms. The number of hydrogen-bond donors (Lipinski definition) is 1. The van der Waals surface area contributed by atoms with Crippen LogP contribution in [0, 0.1) is 0 Å². The average molecular weight is 202 g/mol. The first-order chi connectivity index (χ1) is 7.23. The van der Waals surface area contributed by atoms with Gasteiger partial charge in [0, 0.05) is 0 Å². The fourth-order valence-electron chi connectivity index (χ4n) is 2.57. The van der Waals surface area contributed by atoms with E-state index in [-0.39, 0.29) is 0 Å². The van der Waals surface area contributed by atoms with Crippen LogP contribution in [0.1, 0.15) is 37.2 Å². The summed E-state index contributed by atoms with van der Waals surface area (Å²) in [5.74, 6) is 0.524. The molecule has 0 aromatic heterocycles. The van der Waals surface area contributed by atoms with E-state index in [9.17, 15) is 5.11 Å². The highest BCUT2D eigenvalue weighted by Crippen LogP contribution is 2.42. The normalized spacial score (nSPS) is 30.3. The smallest absolute Gasteiger partial charge is 0.0688 e. The molecule has 0 saturated heterocycles. The van der Waals surface area contributed by atoms with Gasteiger partial charge in [0.1, 0.15) is 0 Å². The van der Waals surface area contributed by atoms with Gasteiger partial charge in [0.25, 0.3) is 0 Å². The van der Waals surface area contributed by atoms with Crippen molar-refractivity contribution in [2.75, 3.05) is 0 Å². The lowest BCUT2D eigenvalue weighted by Crippen LogP contribution is -2.23. The average Bonchev–Trinajstić information content (AvgIpc) is 2.63. The summed E-state index contributed by atoms with van der Waals surface area (Å²) in [6.07, 6.45) is 5.42. The zero-order chi connectivity index (χ0) is 10.7. The van der Waals surface area contributed by atoms with Gasteiger partial charge in [-0.2, -0.15) is 0 Å². The van der Waals surface area contributed by atoms with Crippen molar-refractivity contribution >= 4 is 0 Å². The van der Waals surface area contributed by atoms with Crippen LogP contribution in [0.25, 0.3) is 0 Å². The highest BCUT2D eigenvalue weighted by atomic mass is 16.3. The Bertz CT molecular complexity index is 330. The zero-order valence-corrected chi connectivity index (χ0v) is 9.02. The minimum Gasteiger partial charge on any atom is -0.390 e. The van der Waals surface area contributed by atoms with E-state index in [1.54, 1.807) is 0 Å². The second kappa shape index (κ2) is 4.19. The second-order valence-electron chi connectivity index (χ2n) is 4.57. The van der Waals surface area contributed by atoms with Gasteiger partial charge in [-0.3, -0.25) is 0 Å². The molecule has 0 amide bonds. The van der Waals surface area contributed by atoms with Crippen molar-refractivity contribution in [1.29, 1.82) is 0 Å². The number of benzene rings is 1. The molecule has 1 aromatic rings. The van der Waals surface area contributed by atoms with Crippen LogP contribution in [-0.4, -0.2) is 10.7 Å². The van der Waals surface area contributed by atoms with Crippen LogP contribution < -0.4 is 0 Å². The Kier molecular flexibility index (Phi) is 2.92. The van der Waals surface area contributed by atoms with Gasteiger partial charge >= 0.3 is 0 Å². The summed E-state index contributed by atoms with van der Waals surface area (Å²) in [6, 6.07) is 10.5. The van der Waals surface area contributed by atoms with E-state index in [1.807, 2.05) is 12.1 Å². The van der Waals surface area contributed by atoms with Crippen LogP contribution in [0.2, 0.25) is 0 Å². The Morgan fingerprint density at radius 2 is 2.13 bits per heavy atom. The molecule has 1 nitrogen and oxygen atoms in total. The fraction of sp³-hybridized carbons (Fsp3) is 0.429. The summed E-state index contributed by atoms with van der Waals surface area (Å²) in [5.41, 5.74) is 0.861. The Hall–Kier alpha value is -1.08. The lowest BCUT2D eigenvalue weighted by Gasteiger charge is -2.20. The van der Waals surface area contributed by atoms with Crippen LogP contribution in [0.5, 0.6) is 0 Å². The first-order valence-corrected chi connectivity index (χ1v) is 5.62. The molecule has 1 fully saturated rings. The van der Waals surface area contributed by atoms with Gasteiger partial charge in [0.15, 0.2) is 0 Å². The van der Waals surface area contributed by atoms with Crippen molar-refractivity contribution in [1.82, 2.24) is 0 Å². The highest BCUT2D eigenvalue weighted by Gasteiger charge is 2.36. The Morgan fingerprint density at radius 1 is 1.40 bits per heavy atom. The van der Waals surface area contributed by atoms with Gasteiger partial charge in [-0.05, 0) is 37.2 Å². The van der Waals surface area contributed by atoms with Crippen LogP contribution in [0.15, 0.2) is 43.0 Å². The molecule has 1 saturated carbocycles. The largest absolute Gasteiger partial charge is 0.390 e. The third-order valence-corrected chi connectivity index (χ3v) is 3.38. The van der Waals surface area contributed by atoms with Crippen LogP contribution >= 0.6 is 0 Å². The highest BCUT2D eigenvalue weighted by molar-refractivity contribution is 5.22. The Balaban J connectivity index is 2.07. The number of rotatable bonds is 3. The van der Waals surface area contributed by atoms with E-state index in [0.717, 1.165) is 25.7 Å². The quantitative estimate of drug-likeness (QED) is 0.746. The van der Waals surface area contributed by atoms with Crippen molar-refractivity contribution in [2.45, 2.75) is 37.2 Å². The molecule has 2 atom stereocenters. The maximum Gasteiger partial charge on any atom is 0.0688 e. The molecular formula is C14H18O. The van der Waals surface area contributed by atoms with E-state index in [1.165, 1.54) is 5.56 Å². The molecule has 0 heterocycles. The summed E-state index contributed by atoms with van der Waals surface area (Å²) in [5, 5.41) is 10.3. The fourth-order valence-corrected chi connectivity index (χ4v) is 2.57. The Morgan fingerprint density at radius 3 is 2.80 bits per heavy atom. The standard InChI is InChI=1S/C14H18O/c1-2-9-14(15)10-8-13(11-14)12-6-4-3-5-7-12/h2-7,13,15H,1,8-11H2/t13-,14-/m0/s1. The SMILES string of the molecule is C=CC[C@]1(O)CC[C@H](c2ccccc2)C1. The molecule has 1 N–H and O–H groups in total. The topological polar surface area (TPSA) is 20.2 Å². The molecule has 2 rings (SSSR count). The maximum absolute atomic E-state index is 10.3. The van der Waals surface area contributed by atoms with Crippen molar-refractivity contribution in [2.24, 2.45) is 0 Å². The van der Waals surface area contributed by atoms with Crippen molar-refractivity contribution < 1.29 is 5.11 Å². The summed E-state index contributed by atoms with van der Waals surface area (Å²) in [4.78, 5) is 0. The Labute approximate surface area is 91.4 Å². The van der Waals surface area contributed by atoms with Gasteiger partial charge in [-0.25, -0.2) is 0 Å². The van der Waals surface area contributed by atoms with Gasteiger partial charge < -0.3 is 5.11 Å². The minimum absolute atomic E-state index is 0.498. The van der Waals surface area contributed by atoms with Gasteiger partial charge in [0.05, 0.1) is 5.60 Å². The molecule has 0 unspecified atom stereocenters. The molecule has 1 aliphatic rings. The molecule has 80 valence electrons. The molecular weight excluding hydrogens is 184 g/mol. The van der Waals surface area contributed by atoms with Crippen molar-refractivity contribution in [3.05, 3.63) is 48.6 Å². The number of hydrogen-bond acceptors (Lipinski definition) is 1. The lowest BCUT2D eigenvalue weighted by atomic mass is 9.93. The minimum atomic E-state index is -0.498. The first kappa shape index (κ1) is 10.4.